The van der Waals surface area contributed by atoms with E-state index in [9.17, 15) is 4.79 Å². The van der Waals surface area contributed by atoms with Crippen LogP contribution < -0.4 is 5.73 Å². The van der Waals surface area contributed by atoms with E-state index in [1.807, 2.05) is 31.5 Å². The fourth-order valence-electron chi connectivity index (χ4n) is 2.95. The number of carbonyl (C=O) groups excluding carboxylic acids is 1. The Hall–Kier alpha value is -2.69. The summed E-state index contributed by atoms with van der Waals surface area (Å²) in [6.45, 7) is 2.02. The zero-order valence-electron chi connectivity index (χ0n) is 12.3. The van der Waals surface area contributed by atoms with Crippen LogP contribution in [-0.2, 0) is 10.2 Å². The summed E-state index contributed by atoms with van der Waals surface area (Å²) in [5, 5.41) is 9.18. The summed E-state index contributed by atoms with van der Waals surface area (Å²) in [7, 11) is 0. The van der Waals surface area contributed by atoms with Crippen molar-refractivity contribution in [3.8, 4) is 11.3 Å². The highest BCUT2D eigenvalue weighted by molar-refractivity contribution is 5.92. The molecule has 5 heteroatoms. The summed E-state index contributed by atoms with van der Waals surface area (Å²) in [5.74, 6) is -0.274. The minimum absolute atomic E-state index is 0.274. The van der Waals surface area contributed by atoms with Crippen LogP contribution in [0.15, 0.2) is 36.7 Å². The van der Waals surface area contributed by atoms with Gasteiger partial charge in [0.2, 0.25) is 5.91 Å². The molecule has 3 N–H and O–H groups in total. The molecule has 1 aromatic carbocycles. The van der Waals surface area contributed by atoms with Crippen molar-refractivity contribution >= 4 is 16.7 Å². The van der Waals surface area contributed by atoms with Gasteiger partial charge in [-0.25, -0.2) is 0 Å². The number of nitrogens with one attached hydrogen (secondary N) is 1. The van der Waals surface area contributed by atoms with E-state index in [0.29, 0.717) is 0 Å². The Bertz CT molecular complexity index is 893. The Morgan fingerprint density at radius 3 is 2.68 bits per heavy atom. The molecule has 0 spiro atoms. The molecule has 22 heavy (non-hydrogen) atoms. The van der Waals surface area contributed by atoms with Crippen LogP contribution in [0.25, 0.3) is 22.0 Å². The second-order valence-corrected chi connectivity index (χ2v) is 6.01. The molecule has 0 radical (unpaired) electrons. The van der Waals surface area contributed by atoms with Gasteiger partial charge in [-0.3, -0.25) is 14.9 Å². The van der Waals surface area contributed by atoms with Gasteiger partial charge in [-0.05, 0) is 42.8 Å². The zero-order valence-corrected chi connectivity index (χ0v) is 12.3. The molecule has 1 aliphatic rings. The number of aromatic amines is 1. The molecule has 0 bridgehead atoms. The Labute approximate surface area is 127 Å². The van der Waals surface area contributed by atoms with Gasteiger partial charge in [-0.1, -0.05) is 12.1 Å². The number of aromatic nitrogens is 3. The van der Waals surface area contributed by atoms with Crippen LogP contribution in [0.2, 0.25) is 0 Å². The molecule has 1 aliphatic carbocycles. The van der Waals surface area contributed by atoms with E-state index in [4.69, 9.17) is 5.73 Å². The molecule has 3 aromatic rings. The Balaban J connectivity index is 1.80. The third kappa shape index (κ3) is 1.82. The quantitative estimate of drug-likeness (QED) is 0.777. The summed E-state index contributed by atoms with van der Waals surface area (Å²) in [6, 6.07) is 8.16. The average Bonchev–Trinajstić information content (AvgIpc) is 3.23. The number of H-pyrrole nitrogens is 1. The lowest BCUT2D eigenvalue weighted by Crippen LogP contribution is -2.29. The molecule has 1 saturated carbocycles. The Morgan fingerprint density at radius 1 is 1.23 bits per heavy atom. The molecule has 0 saturated heterocycles. The Morgan fingerprint density at radius 2 is 2.05 bits per heavy atom. The minimum atomic E-state index is -0.535. The predicted octanol–water partition coefficient (Wildman–Crippen LogP) is 2.45. The number of rotatable bonds is 3. The SMILES string of the molecule is Cc1cn[nH]c1-c1ccc2cc(C3(C(N)=O)CC3)ncc2c1. The van der Waals surface area contributed by atoms with Gasteiger partial charge in [0.1, 0.15) is 0 Å². The van der Waals surface area contributed by atoms with Crippen molar-refractivity contribution in [2.24, 2.45) is 5.73 Å². The number of fused-ring (bicyclic) bond motifs is 1. The highest BCUT2D eigenvalue weighted by atomic mass is 16.1. The van der Waals surface area contributed by atoms with Crippen molar-refractivity contribution < 1.29 is 4.79 Å². The van der Waals surface area contributed by atoms with E-state index in [2.05, 4.69) is 27.3 Å². The van der Waals surface area contributed by atoms with Gasteiger partial charge >= 0.3 is 0 Å². The molecular weight excluding hydrogens is 276 g/mol. The smallest absolute Gasteiger partial charge is 0.229 e. The van der Waals surface area contributed by atoms with Crippen molar-refractivity contribution in [3.05, 3.63) is 47.9 Å². The first-order valence-corrected chi connectivity index (χ1v) is 7.31. The summed E-state index contributed by atoms with van der Waals surface area (Å²) in [6.07, 6.45) is 5.23. The summed E-state index contributed by atoms with van der Waals surface area (Å²) < 4.78 is 0. The minimum Gasteiger partial charge on any atom is -0.369 e. The monoisotopic (exact) mass is 292 g/mol. The lowest BCUT2D eigenvalue weighted by atomic mass is 9.98. The summed E-state index contributed by atoms with van der Waals surface area (Å²) >= 11 is 0. The lowest BCUT2D eigenvalue weighted by Gasteiger charge is -2.11. The number of amides is 1. The van der Waals surface area contributed by atoms with E-state index >= 15 is 0 Å². The van der Waals surface area contributed by atoms with Gasteiger partial charge in [-0.2, -0.15) is 5.10 Å². The van der Waals surface area contributed by atoms with Gasteiger partial charge in [0, 0.05) is 17.1 Å². The highest BCUT2D eigenvalue weighted by Crippen LogP contribution is 2.47. The molecule has 1 fully saturated rings. The third-order valence-corrected chi connectivity index (χ3v) is 4.55. The largest absolute Gasteiger partial charge is 0.369 e. The maximum Gasteiger partial charge on any atom is 0.229 e. The highest BCUT2D eigenvalue weighted by Gasteiger charge is 2.51. The first-order chi connectivity index (χ1) is 10.6. The normalized spacial score (nSPS) is 15.9. The summed E-state index contributed by atoms with van der Waals surface area (Å²) in [5.41, 5.74) is 8.98. The van der Waals surface area contributed by atoms with Crippen molar-refractivity contribution in [1.82, 2.24) is 15.2 Å². The van der Waals surface area contributed by atoms with Crippen molar-refractivity contribution in [1.29, 1.82) is 0 Å². The number of nitrogens with zero attached hydrogens (tertiary/aromatic N) is 2. The molecule has 0 aliphatic heterocycles. The topological polar surface area (TPSA) is 84.7 Å². The Kier molecular flexibility index (Phi) is 2.60. The van der Waals surface area contributed by atoms with Gasteiger partial charge in [0.15, 0.2) is 0 Å². The standard InChI is InChI=1S/C17H16N4O/c1-10-8-20-21-15(10)12-3-2-11-7-14(19-9-13(11)6-12)17(4-5-17)16(18)22/h2-3,6-9H,4-5H2,1H3,(H2,18,22)(H,20,21). The second-order valence-electron chi connectivity index (χ2n) is 6.01. The molecule has 110 valence electrons. The second kappa shape index (κ2) is 4.40. The first-order valence-electron chi connectivity index (χ1n) is 7.31. The van der Waals surface area contributed by atoms with E-state index in [1.165, 1.54) is 0 Å². The van der Waals surface area contributed by atoms with Gasteiger partial charge in [-0.15, -0.1) is 0 Å². The van der Waals surface area contributed by atoms with Crippen LogP contribution in [0.3, 0.4) is 0 Å². The number of pyridine rings is 1. The van der Waals surface area contributed by atoms with Crippen molar-refractivity contribution in [2.45, 2.75) is 25.2 Å². The first kappa shape index (κ1) is 13.0. The van der Waals surface area contributed by atoms with Crippen LogP contribution in [0.1, 0.15) is 24.1 Å². The predicted molar refractivity (Wildman–Crippen MR) is 84.2 cm³/mol. The average molecular weight is 292 g/mol. The van der Waals surface area contributed by atoms with Crippen LogP contribution in [-0.4, -0.2) is 21.1 Å². The van der Waals surface area contributed by atoms with E-state index in [0.717, 1.165) is 46.1 Å². The molecule has 5 nitrogen and oxygen atoms in total. The maximum atomic E-state index is 11.6. The molecule has 0 atom stereocenters. The number of nitrogens with two attached hydrogens (primary N) is 1. The number of hydrogen-bond donors (Lipinski definition) is 2. The summed E-state index contributed by atoms with van der Waals surface area (Å²) in [4.78, 5) is 16.1. The molecule has 1 amide bonds. The van der Waals surface area contributed by atoms with Crippen LogP contribution in [0.5, 0.6) is 0 Å². The van der Waals surface area contributed by atoms with Crippen LogP contribution in [0.4, 0.5) is 0 Å². The van der Waals surface area contributed by atoms with Gasteiger partial charge < -0.3 is 5.73 Å². The maximum absolute atomic E-state index is 11.6. The number of aryl methyl sites for hydroxylation is 1. The fourth-order valence-corrected chi connectivity index (χ4v) is 2.95. The van der Waals surface area contributed by atoms with Crippen LogP contribution in [0, 0.1) is 6.92 Å². The number of carbonyl (C=O) groups is 1. The molecule has 4 rings (SSSR count). The molecule has 2 aromatic heterocycles. The van der Waals surface area contributed by atoms with Gasteiger partial charge in [0.25, 0.3) is 0 Å². The van der Waals surface area contributed by atoms with E-state index in [1.54, 1.807) is 0 Å². The molecular formula is C17H16N4O. The van der Waals surface area contributed by atoms with E-state index < -0.39 is 5.41 Å². The zero-order chi connectivity index (χ0) is 15.3. The third-order valence-electron chi connectivity index (χ3n) is 4.55. The van der Waals surface area contributed by atoms with Crippen LogP contribution >= 0.6 is 0 Å². The lowest BCUT2D eigenvalue weighted by molar-refractivity contribution is -0.120. The van der Waals surface area contributed by atoms with E-state index in [-0.39, 0.29) is 5.91 Å². The van der Waals surface area contributed by atoms with Crippen molar-refractivity contribution in [3.63, 3.8) is 0 Å². The fraction of sp³-hybridized carbons (Fsp3) is 0.235. The number of primary amides is 1. The molecule has 0 unspecified atom stereocenters. The number of hydrogen-bond acceptors (Lipinski definition) is 3. The number of benzene rings is 1. The molecule has 2 heterocycles. The van der Waals surface area contributed by atoms with Crippen molar-refractivity contribution in [2.75, 3.05) is 0 Å². The van der Waals surface area contributed by atoms with Gasteiger partial charge in [0.05, 0.1) is 23.0 Å².